The molecule has 3 rings (SSSR count). The average Bonchev–Trinajstić information content (AvgIpc) is 2.95. The molecule has 0 aromatic heterocycles. The molecule has 110 valence electrons. The van der Waals surface area contributed by atoms with Gasteiger partial charge in [0.2, 0.25) is 10.0 Å². The summed E-state index contributed by atoms with van der Waals surface area (Å²) in [5.74, 6) is 0.373. The van der Waals surface area contributed by atoms with Crippen molar-refractivity contribution in [2.24, 2.45) is 11.8 Å². The SMILES string of the molecule is Cc1c(N)cc(S(=O)(=O)N2CC3CCCC3C2)cc1F. The molecule has 20 heavy (non-hydrogen) atoms. The predicted molar refractivity (Wildman–Crippen MR) is 75.1 cm³/mol. The second-order valence-electron chi connectivity index (χ2n) is 5.89. The Kier molecular flexibility index (Phi) is 3.25. The summed E-state index contributed by atoms with van der Waals surface area (Å²) in [5.41, 5.74) is 6.16. The van der Waals surface area contributed by atoms with E-state index in [-0.39, 0.29) is 10.6 Å². The first kappa shape index (κ1) is 13.8. The van der Waals surface area contributed by atoms with E-state index in [2.05, 4.69) is 0 Å². The molecule has 2 fully saturated rings. The van der Waals surface area contributed by atoms with E-state index in [1.54, 1.807) is 6.92 Å². The van der Waals surface area contributed by atoms with Crippen molar-refractivity contribution in [1.82, 2.24) is 4.31 Å². The topological polar surface area (TPSA) is 63.4 Å². The Morgan fingerprint density at radius 3 is 2.40 bits per heavy atom. The van der Waals surface area contributed by atoms with Gasteiger partial charge in [-0.25, -0.2) is 12.8 Å². The first-order valence-corrected chi connectivity index (χ1v) is 8.39. The second-order valence-corrected chi connectivity index (χ2v) is 7.83. The van der Waals surface area contributed by atoms with E-state index in [0.29, 0.717) is 30.5 Å². The van der Waals surface area contributed by atoms with Gasteiger partial charge in [-0.2, -0.15) is 4.31 Å². The van der Waals surface area contributed by atoms with Crippen LogP contribution in [0.2, 0.25) is 0 Å². The van der Waals surface area contributed by atoms with Crippen LogP contribution in [0.25, 0.3) is 0 Å². The molecular formula is C14H19FN2O2S. The second kappa shape index (κ2) is 4.70. The number of nitrogens with two attached hydrogens (primary N) is 1. The van der Waals surface area contributed by atoms with Gasteiger partial charge in [-0.15, -0.1) is 0 Å². The number of rotatable bonds is 2. The van der Waals surface area contributed by atoms with Crippen LogP contribution in [0.4, 0.5) is 10.1 Å². The molecule has 6 heteroatoms. The molecule has 4 nitrogen and oxygen atoms in total. The van der Waals surface area contributed by atoms with Gasteiger partial charge in [-0.3, -0.25) is 0 Å². The molecule has 1 aliphatic heterocycles. The normalized spacial score (nSPS) is 26.9. The highest BCUT2D eigenvalue weighted by Gasteiger charge is 2.41. The third-order valence-corrected chi connectivity index (χ3v) is 6.50. The highest BCUT2D eigenvalue weighted by atomic mass is 32.2. The van der Waals surface area contributed by atoms with Gasteiger partial charge in [0.1, 0.15) is 5.82 Å². The lowest BCUT2D eigenvalue weighted by Crippen LogP contribution is -2.30. The molecule has 0 amide bonds. The third kappa shape index (κ3) is 2.11. The van der Waals surface area contributed by atoms with Crippen LogP contribution in [0.15, 0.2) is 17.0 Å². The molecule has 1 saturated carbocycles. The van der Waals surface area contributed by atoms with Gasteiger partial charge in [0, 0.05) is 24.3 Å². The molecule has 2 atom stereocenters. The lowest BCUT2D eigenvalue weighted by molar-refractivity contribution is 0.445. The van der Waals surface area contributed by atoms with Crippen molar-refractivity contribution in [1.29, 1.82) is 0 Å². The van der Waals surface area contributed by atoms with Gasteiger partial charge in [0.15, 0.2) is 0 Å². The van der Waals surface area contributed by atoms with E-state index in [1.165, 1.54) is 16.8 Å². The number of anilines is 1. The number of nitrogens with zero attached hydrogens (tertiary/aromatic N) is 1. The van der Waals surface area contributed by atoms with E-state index >= 15 is 0 Å². The van der Waals surface area contributed by atoms with E-state index in [0.717, 1.165) is 18.9 Å². The number of fused-ring (bicyclic) bond motifs is 1. The number of hydrogen-bond donors (Lipinski definition) is 1. The first-order valence-electron chi connectivity index (χ1n) is 6.95. The molecule has 0 bridgehead atoms. The summed E-state index contributed by atoms with van der Waals surface area (Å²) >= 11 is 0. The van der Waals surface area contributed by atoms with E-state index in [1.807, 2.05) is 0 Å². The maximum absolute atomic E-state index is 13.7. The van der Waals surface area contributed by atoms with E-state index in [4.69, 9.17) is 5.73 Å². The van der Waals surface area contributed by atoms with Gasteiger partial charge in [-0.1, -0.05) is 6.42 Å². The smallest absolute Gasteiger partial charge is 0.243 e. The molecule has 1 heterocycles. The molecule has 1 aromatic carbocycles. The Morgan fingerprint density at radius 1 is 1.25 bits per heavy atom. The highest BCUT2D eigenvalue weighted by Crippen LogP contribution is 2.40. The van der Waals surface area contributed by atoms with Crippen molar-refractivity contribution in [2.75, 3.05) is 18.8 Å². The van der Waals surface area contributed by atoms with Crippen LogP contribution in [0.3, 0.4) is 0 Å². The molecule has 1 saturated heterocycles. The zero-order valence-corrected chi connectivity index (χ0v) is 12.3. The molecule has 2 N–H and O–H groups in total. The zero-order chi connectivity index (χ0) is 14.5. The highest BCUT2D eigenvalue weighted by molar-refractivity contribution is 7.89. The number of benzene rings is 1. The number of halogens is 1. The van der Waals surface area contributed by atoms with Crippen LogP contribution < -0.4 is 5.73 Å². The minimum Gasteiger partial charge on any atom is -0.398 e. The summed E-state index contributed by atoms with van der Waals surface area (Å²) in [6.07, 6.45) is 3.39. The molecule has 1 aromatic rings. The van der Waals surface area contributed by atoms with Crippen molar-refractivity contribution in [3.63, 3.8) is 0 Å². The maximum atomic E-state index is 13.7. The molecular weight excluding hydrogens is 279 g/mol. The van der Waals surface area contributed by atoms with Gasteiger partial charge >= 0.3 is 0 Å². The fraction of sp³-hybridized carbons (Fsp3) is 0.571. The maximum Gasteiger partial charge on any atom is 0.243 e. The van der Waals surface area contributed by atoms with Crippen LogP contribution in [0.1, 0.15) is 24.8 Å². The number of sulfonamides is 1. The standard InChI is InChI=1S/C14H19FN2O2S/c1-9-13(15)5-12(6-14(9)16)20(18,19)17-7-10-3-2-4-11(10)8-17/h5-6,10-11H,2-4,7-8,16H2,1H3. The number of hydrogen-bond acceptors (Lipinski definition) is 3. The van der Waals surface area contributed by atoms with Crippen LogP contribution in [0.5, 0.6) is 0 Å². The Balaban J connectivity index is 1.93. The summed E-state index contributed by atoms with van der Waals surface area (Å²) in [6.45, 7) is 2.66. The number of nitrogen functional groups attached to an aromatic ring is 1. The van der Waals surface area contributed by atoms with Crippen LogP contribution in [-0.2, 0) is 10.0 Å². The molecule has 0 radical (unpaired) electrons. The molecule has 0 spiro atoms. The Morgan fingerprint density at radius 2 is 1.85 bits per heavy atom. The fourth-order valence-electron chi connectivity index (χ4n) is 3.36. The largest absolute Gasteiger partial charge is 0.398 e. The predicted octanol–water partition coefficient (Wildman–Crippen LogP) is 2.14. The van der Waals surface area contributed by atoms with Crippen LogP contribution in [-0.4, -0.2) is 25.8 Å². The fourth-order valence-corrected chi connectivity index (χ4v) is 4.96. The average molecular weight is 298 g/mol. The van der Waals surface area contributed by atoms with Crippen LogP contribution >= 0.6 is 0 Å². The zero-order valence-electron chi connectivity index (χ0n) is 11.5. The molecule has 2 unspecified atom stereocenters. The van der Waals surface area contributed by atoms with E-state index in [9.17, 15) is 12.8 Å². The quantitative estimate of drug-likeness (QED) is 0.851. The van der Waals surface area contributed by atoms with Gasteiger partial charge in [0.25, 0.3) is 0 Å². The monoisotopic (exact) mass is 298 g/mol. The summed E-state index contributed by atoms with van der Waals surface area (Å²) in [4.78, 5) is -0.0296. The Hall–Kier alpha value is -1.14. The van der Waals surface area contributed by atoms with Crippen molar-refractivity contribution in [3.05, 3.63) is 23.5 Å². The van der Waals surface area contributed by atoms with Crippen molar-refractivity contribution in [3.8, 4) is 0 Å². The molecule has 2 aliphatic rings. The van der Waals surface area contributed by atoms with Crippen molar-refractivity contribution < 1.29 is 12.8 Å². The van der Waals surface area contributed by atoms with E-state index < -0.39 is 15.8 Å². The van der Waals surface area contributed by atoms with Crippen molar-refractivity contribution >= 4 is 15.7 Å². The summed E-state index contributed by atoms with van der Waals surface area (Å²) < 4.78 is 40.4. The van der Waals surface area contributed by atoms with Crippen molar-refractivity contribution in [2.45, 2.75) is 31.1 Å². The minimum atomic E-state index is -3.63. The summed E-state index contributed by atoms with van der Waals surface area (Å²) in [6, 6.07) is 2.44. The Bertz CT molecular complexity index is 610. The lowest BCUT2D eigenvalue weighted by Gasteiger charge is -2.18. The first-order chi connectivity index (χ1) is 9.39. The summed E-state index contributed by atoms with van der Waals surface area (Å²) in [5, 5.41) is 0. The van der Waals surface area contributed by atoms with Gasteiger partial charge < -0.3 is 5.73 Å². The van der Waals surface area contributed by atoms with Gasteiger partial charge in [-0.05, 0) is 43.7 Å². The third-order valence-electron chi connectivity index (χ3n) is 4.69. The lowest BCUT2D eigenvalue weighted by atomic mass is 10.0. The summed E-state index contributed by atoms with van der Waals surface area (Å²) in [7, 11) is -3.63. The van der Waals surface area contributed by atoms with Gasteiger partial charge in [0.05, 0.1) is 4.90 Å². The Labute approximate surface area is 118 Å². The van der Waals surface area contributed by atoms with Crippen LogP contribution in [0, 0.1) is 24.6 Å². The minimum absolute atomic E-state index is 0.0296. The molecule has 1 aliphatic carbocycles.